The van der Waals surface area contributed by atoms with Crippen molar-refractivity contribution in [3.8, 4) is 0 Å². The van der Waals surface area contributed by atoms with Crippen molar-refractivity contribution in [3.63, 3.8) is 0 Å². The Kier molecular flexibility index (Phi) is 6.49. The number of amides is 1. The van der Waals surface area contributed by atoms with Crippen LogP contribution in [0.3, 0.4) is 0 Å². The number of carbonyl (C=O) groups excluding carboxylic acids is 2. The number of methoxy groups -OCH3 is 1. The molecule has 5 nitrogen and oxygen atoms in total. The summed E-state index contributed by atoms with van der Waals surface area (Å²) >= 11 is 6.09. The molecule has 2 N–H and O–H groups in total. The van der Waals surface area contributed by atoms with Gasteiger partial charge in [-0.1, -0.05) is 31.5 Å². The van der Waals surface area contributed by atoms with E-state index in [1.54, 1.807) is 23.1 Å². The molecule has 0 aromatic heterocycles. The van der Waals surface area contributed by atoms with E-state index in [2.05, 4.69) is 4.74 Å². The second-order valence-corrected chi connectivity index (χ2v) is 5.56. The van der Waals surface area contributed by atoms with E-state index in [9.17, 15) is 9.59 Å². The van der Waals surface area contributed by atoms with Crippen LogP contribution in [-0.2, 0) is 9.53 Å². The average molecular weight is 313 g/mol. The van der Waals surface area contributed by atoms with E-state index in [4.69, 9.17) is 17.3 Å². The zero-order chi connectivity index (χ0) is 16.0. The van der Waals surface area contributed by atoms with E-state index < -0.39 is 0 Å². The SMILES string of the molecule is COC(=O)CCN(CC(C)C)C(=O)c1cccc(N)c1Cl. The average Bonchev–Trinajstić information content (AvgIpc) is 2.44. The molecular weight excluding hydrogens is 292 g/mol. The van der Waals surface area contributed by atoms with Crippen LogP contribution in [0.1, 0.15) is 30.6 Å². The fraction of sp³-hybridized carbons (Fsp3) is 0.467. The van der Waals surface area contributed by atoms with E-state index in [1.807, 2.05) is 13.8 Å². The summed E-state index contributed by atoms with van der Waals surface area (Å²) in [7, 11) is 1.33. The maximum atomic E-state index is 12.6. The number of nitrogens with zero attached hydrogens (tertiary/aromatic N) is 1. The zero-order valence-electron chi connectivity index (χ0n) is 12.6. The third-order valence-electron chi connectivity index (χ3n) is 2.95. The molecule has 0 heterocycles. The fourth-order valence-electron chi connectivity index (χ4n) is 1.93. The molecule has 116 valence electrons. The summed E-state index contributed by atoms with van der Waals surface area (Å²) < 4.78 is 4.61. The first kappa shape index (κ1) is 17.3. The van der Waals surface area contributed by atoms with Crippen LogP contribution in [0.2, 0.25) is 5.02 Å². The lowest BCUT2D eigenvalue weighted by atomic mass is 10.1. The number of carbonyl (C=O) groups is 2. The molecule has 0 spiro atoms. The summed E-state index contributed by atoms with van der Waals surface area (Å²) in [6.07, 6.45) is 0.148. The van der Waals surface area contributed by atoms with Gasteiger partial charge < -0.3 is 15.4 Å². The smallest absolute Gasteiger partial charge is 0.307 e. The fourth-order valence-corrected chi connectivity index (χ4v) is 2.14. The van der Waals surface area contributed by atoms with Crippen molar-refractivity contribution in [2.75, 3.05) is 25.9 Å². The number of halogens is 1. The van der Waals surface area contributed by atoms with E-state index in [-0.39, 0.29) is 35.8 Å². The third-order valence-corrected chi connectivity index (χ3v) is 3.37. The van der Waals surface area contributed by atoms with Gasteiger partial charge in [0.15, 0.2) is 0 Å². The number of ether oxygens (including phenoxy) is 1. The first-order valence-electron chi connectivity index (χ1n) is 6.76. The van der Waals surface area contributed by atoms with Gasteiger partial charge in [0.05, 0.1) is 29.8 Å². The summed E-state index contributed by atoms with van der Waals surface area (Å²) in [5, 5.41) is 0.245. The van der Waals surface area contributed by atoms with Gasteiger partial charge in [-0.25, -0.2) is 0 Å². The van der Waals surface area contributed by atoms with Gasteiger partial charge in [-0.05, 0) is 18.1 Å². The summed E-state index contributed by atoms with van der Waals surface area (Å²) in [5.74, 6) is -0.313. The van der Waals surface area contributed by atoms with Crippen LogP contribution in [0.5, 0.6) is 0 Å². The summed E-state index contributed by atoms with van der Waals surface area (Å²) in [6, 6.07) is 4.95. The standard InChI is InChI=1S/C15H21ClN2O3/c1-10(2)9-18(8-7-13(19)21-3)15(20)11-5-4-6-12(17)14(11)16/h4-6,10H,7-9,17H2,1-3H3. The normalized spacial score (nSPS) is 10.5. The number of nitrogens with two attached hydrogens (primary N) is 1. The monoisotopic (exact) mass is 312 g/mol. The van der Waals surface area contributed by atoms with Gasteiger partial charge >= 0.3 is 5.97 Å². The van der Waals surface area contributed by atoms with E-state index >= 15 is 0 Å². The van der Waals surface area contributed by atoms with Crippen LogP contribution in [-0.4, -0.2) is 37.0 Å². The highest BCUT2D eigenvalue weighted by Gasteiger charge is 2.21. The minimum atomic E-state index is -0.352. The van der Waals surface area contributed by atoms with Crippen molar-refractivity contribution in [3.05, 3.63) is 28.8 Å². The number of hydrogen-bond donors (Lipinski definition) is 1. The Morgan fingerprint density at radius 2 is 2.05 bits per heavy atom. The highest BCUT2D eigenvalue weighted by atomic mass is 35.5. The molecule has 1 amide bonds. The van der Waals surface area contributed by atoms with Crippen molar-refractivity contribution in [2.24, 2.45) is 5.92 Å². The lowest BCUT2D eigenvalue weighted by Gasteiger charge is -2.25. The Bertz CT molecular complexity index is 518. The topological polar surface area (TPSA) is 72.6 Å². The van der Waals surface area contributed by atoms with Gasteiger partial charge in [0.2, 0.25) is 0 Å². The lowest BCUT2D eigenvalue weighted by molar-refractivity contribution is -0.140. The largest absolute Gasteiger partial charge is 0.469 e. The summed E-state index contributed by atoms with van der Waals surface area (Å²) in [6.45, 7) is 4.81. The lowest BCUT2D eigenvalue weighted by Crippen LogP contribution is -2.36. The second kappa shape index (κ2) is 7.88. The molecule has 0 aliphatic rings. The maximum absolute atomic E-state index is 12.6. The number of nitrogen functional groups attached to an aromatic ring is 1. The Balaban J connectivity index is 2.93. The van der Waals surface area contributed by atoms with Crippen LogP contribution < -0.4 is 5.73 Å². The molecule has 1 aromatic carbocycles. The predicted molar refractivity (Wildman–Crippen MR) is 83.2 cm³/mol. The number of benzene rings is 1. The first-order valence-corrected chi connectivity index (χ1v) is 7.14. The van der Waals surface area contributed by atoms with E-state index in [0.29, 0.717) is 17.8 Å². The molecule has 21 heavy (non-hydrogen) atoms. The van der Waals surface area contributed by atoms with Gasteiger partial charge in [0.1, 0.15) is 0 Å². The minimum Gasteiger partial charge on any atom is -0.469 e. The van der Waals surface area contributed by atoms with Crippen molar-refractivity contribution >= 4 is 29.2 Å². The van der Waals surface area contributed by atoms with E-state index in [0.717, 1.165) is 0 Å². The third kappa shape index (κ3) is 4.93. The Hall–Kier alpha value is -1.75. The van der Waals surface area contributed by atoms with Gasteiger partial charge in [-0.15, -0.1) is 0 Å². The predicted octanol–water partition coefficient (Wildman–Crippen LogP) is 2.58. The molecule has 1 rings (SSSR count). The molecule has 0 atom stereocenters. The Morgan fingerprint density at radius 3 is 2.62 bits per heavy atom. The van der Waals surface area contributed by atoms with Gasteiger partial charge in [0, 0.05) is 13.1 Å². The van der Waals surface area contributed by atoms with Crippen LogP contribution in [0.25, 0.3) is 0 Å². The zero-order valence-corrected chi connectivity index (χ0v) is 13.3. The summed E-state index contributed by atoms with van der Waals surface area (Å²) in [4.78, 5) is 25.5. The van der Waals surface area contributed by atoms with E-state index in [1.165, 1.54) is 7.11 Å². The molecule has 0 radical (unpaired) electrons. The highest BCUT2D eigenvalue weighted by molar-refractivity contribution is 6.36. The molecular formula is C15H21ClN2O3. The molecule has 0 fully saturated rings. The number of anilines is 1. The van der Waals surface area contributed by atoms with Crippen LogP contribution >= 0.6 is 11.6 Å². The van der Waals surface area contributed by atoms with Crippen molar-refractivity contribution in [2.45, 2.75) is 20.3 Å². The van der Waals surface area contributed by atoms with Crippen LogP contribution in [0, 0.1) is 5.92 Å². The molecule has 0 aliphatic carbocycles. The highest BCUT2D eigenvalue weighted by Crippen LogP contribution is 2.24. The van der Waals surface area contributed by atoms with Crippen molar-refractivity contribution in [1.29, 1.82) is 0 Å². The molecule has 0 bridgehead atoms. The second-order valence-electron chi connectivity index (χ2n) is 5.18. The molecule has 1 aromatic rings. The van der Waals surface area contributed by atoms with Crippen LogP contribution in [0.15, 0.2) is 18.2 Å². The number of esters is 1. The molecule has 0 saturated carbocycles. The Labute approximate surface area is 130 Å². The molecule has 0 aliphatic heterocycles. The quantitative estimate of drug-likeness (QED) is 0.647. The van der Waals surface area contributed by atoms with Crippen LogP contribution in [0.4, 0.5) is 5.69 Å². The van der Waals surface area contributed by atoms with Gasteiger partial charge in [-0.2, -0.15) is 0 Å². The van der Waals surface area contributed by atoms with Crippen molar-refractivity contribution in [1.82, 2.24) is 4.90 Å². The number of hydrogen-bond acceptors (Lipinski definition) is 4. The molecule has 0 saturated heterocycles. The van der Waals surface area contributed by atoms with Gasteiger partial charge in [-0.3, -0.25) is 9.59 Å². The minimum absolute atomic E-state index is 0.148. The Morgan fingerprint density at radius 1 is 1.38 bits per heavy atom. The maximum Gasteiger partial charge on any atom is 0.307 e. The first-order chi connectivity index (χ1) is 9.86. The molecule has 6 heteroatoms. The van der Waals surface area contributed by atoms with Gasteiger partial charge in [0.25, 0.3) is 5.91 Å². The molecule has 0 unspecified atom stereocenters. The summed E-state index contributed by atoms with van der Waals surface area (Å²) in [5.41, 5.74) is 6.44. The van der Waals surface area contributed by atoms with Crippen molar-refractivity contribution < 1.29 is 14.3 Å². The number of rotatable bonds is 6.